The van der Waals surface area contributed by atoms with Gasteiger partial charge in [0, 0.05) is 13.2 Å². The lowest BCUT2D eigenvalue weighted by molar-refractivity contribution is 0.0954. The van der Waals surface area contributed by atoms with Crippen molar-refractivity contribution >= 4 is 28.5 Å². The SMILES string of the molecule is CNC(=O)c1nc2c(Cl)nccc2[nH]1. The maximum absolute atomic E-state index is 11.2. The van der Waals surface area contributed by atoms with Crippen molar-refractivity contribution in [2.75, 3.05) is 7.05 Å². The summed E-state index contributed by atoms with van der Waals surface area (Å²) in [5.74, 6) is -0.0466. The third-order valence-corrected chi connectivity index (χ3v) is 2.08. The van der Waals surface area contributed by atoms with Crippen LogP contribution in [-0.2, 0) is 0 Å². The number of imidazole rings is 1. The average molecular weight is 211 g/mol. The van der Waals surface area contributed by atoms with Crippen LogP contribution in [-0.4, -0.2) is 27.9 Å². The molecule has 5 nitrogen and oxygen atoms in total. The first-order valence-corrected chi connectivity index (χ1v) is 4.32. The van der Waals surface area contributed by atoms with E-state index in [2.05, 4.69) is 20.3 Å². The highest BCUT2D eigenvalue weighted by Crippen LogP contribution is 2.17. The minimum absolute atomic E-state index is 0.234. The number of carbonyl (C=O) groups is 1. The summed E-state index contributed by atoms with van der Waals surface area (Å²) in [6, 6.07) is 1.71. The number of halogens is 1. The van der Waals surface area contributed by atoms with E-state index in [9.17, 15) is 4.79 Å². The van der Waals surface area contributed by atoms with Crippen LogP contribution in [0.15, 0.2) is 12.3 Å². The minimum atomic E-state index is -0.280. The third kappa shape index (κ3) is 1.31. The van der Waals surface area contributed by atoms with Crippen molar-refractivity contribution in [3.8, 4) is 0 Å². The fourth-order valence-corrected chi connectivity index (χ4v) is 1.33. The summed E-state index contributed by atoms with van der Waals surface area (Å²) in [4.78, 5) is 21.9. The number of amides is 1. The molecule has 14 heavy (non-hydrogen) atoms. The topological polar surface area (TPSA) is 70.7 Å². The van der Waals surface area contributed by atoms with Crippen LogP contribution in [0.5, 0.6) is 0 Å². The van der Waals surface area contributed by atoms with Gasteiger partial charge in [-0.05, 0) is 6.07 Å². The van der Waals surface area contributed by atoms with Crippen LogP contribution in [0.1, 0.15) is 10.6 Å². The number of aromatic nitrogens is 3. The van der Waals surface area contributed by atoms with E-state index in [0.29, 0.717) is 11.0 Å². The van der Waals surface area contributed by atoms with E-state index in [0.717, 1.165) is 0 Å². The van der Waals surface area contributed by atoms with Crippen molar-refractivity contribution in [3.05, 3.63) is 23.2 Å². The first kappa shape index (κ1) is 8.96. The van der Waals surface area contributed by atoms with Crippen molar-refractivity contribution < 1.29 is 4.79 Å². The Labute approximate surface area is 84.5 Å². The lowest BCUT2D eigenvalue weighted by Crippen LogP contribution is -2.19. The highest BCUT2D eigenvalue weighted by molar-refractivity contribution is 6.33. The molecule has 2 aromatic heterocycles. The molecule has 2 heterocycles. The molecule has 0 aliphatic heterocycles. The van der Waals surface area contributed by atoms with E-state index >= 15 is 0 Å². The molecule has 6 heteroatoms. The molecule has 0 atom stereocenters. The molecule has 2 aromatic rings. The molecule has 0 saturated heterocycles. The molecule has 0 aromatic carbocycles. The molecule has 1 amide bonds. The Morgan fingerprint density at radius 1 is 1.64 bits per heavy atom. The minimum Gasteiger partial charge on any atom is -0.352 e. The maximum atomic E-state index is 11.2. The fraction of sp³-hybridized carbons (Fsp3) is 0.125. The van der Waals surface area contributed by atoms with Gasteiger partial charge in [-0.1, -0.05) is 11.6 Å². The fourth-order valence-electron chi connectivity index (χ4n) is 1.13. The van der Waals surface area contributed by atoms with E-state index in [4.69, 9.17) is 11.6 Å². The Kier molecular flexibility index (Phi) is 2.09. The molecule has 72 valence electrons. The zero-order valence-corrected chi connectivity index (χ0v) is 8.09. The van der Waals surface area contributed by atoms with Crippen LogP contribution in [0, 0.1) is 0 Å². The number of hydrogen-bond donors (Lipinski definition) is 2. The van der Waals surface area contributed by atoms with Crippen LogP contribution < -0.4 is 5.32 Å². The van der Waals surface area contributed by atoms with Crippen molar-refractivity contribution in [1.29, 1.82) is 0 Å². The van der Waals surface area contributed by atoms with Crippen LogP contribution in [0.3, 0.4) is 0 Å². The van der Waals surface area contributed by atoms with Gasteiger partial charge in [0.05, 0.1) is 5.52 Å². The largest absolute Gasteiger partial charge is 0.352 e. The van der Waals surface area contributed by atoms with Crippen molar-refractivity contribution in [3.63, 3.8) is 0 Å². The summed E-state index contributed by atoms with van der Waals surface area (Å²) in [5.41, 5.74) is 1.20. The molecule has 2 N–H and O–H groups in total. The summed E-state index contributed by atoms with van der Waals surface area (Å²) in [5, 5.41) is 2.75. The predicted molar refractivity (Wildman–Crippen MR) is 52.3 cm³/mol. The number of carbonyl (C=O) groups excluding carboxylic acids is 1. The van der Waals surface area contributed by atoms with Crippen molar-refractivity contribution in [1.82, 2.24) is 20.3 Å². The lowest BCUT2D eigenvalue weighted by Gasteiger charge is -1.90. The second-order valence-corrected chi connectivity index (χ2v) is 3.02. The van der Waals surface area contributed by atoms with Gasteiger partial charge < -0.3 is 10.3 Å². The van der Waals surface area contributed by atoms with E-state index in [1.807, 2.05) is 0 Å². The highest BCUT2D eigenvalue weighted by Gasteiger charge is 2.11. The standard InChI is InChI=1S/C8H7ClN4O/c1-10-8(14)7-12-4-2-3-11-6(9)5(4)13-7/h2-3H,1H3,(H,10,14)(H,12,13). The quantitative estimate of drug-likeness (QED) is 0.689. The van der Waals surface area contributed by atoms with E-state index in [1.165, 1.54) is 7.05 Å². The van der Waals surface area contributed by atoms with Gasteiger partial charge in [-0.15, -0.1) is 0 Å². The number of nitrogens with one attached hydrogen (secondary N) is 2. The number of rotatable bonds is 1. The molecule has 0 saturated carbocycles. The van der Waals surface area contributed by atoms with Gasteiger partial charge in [0.15, 0.2) is 11.0 Å². The Bertz CT molecular complexity index is 493. The first-order valence-electron chi connectivity index (χ1n) is 3.94. The van der Waals surface area contributed by atoms with Gasteiger partial charge in [0.2, 0.25) is 0 Å². The summed E-state index contributed by atoms with van der Waals surface area (Å²) in [7, 11) is 1.54. The Hall–Kier alpha value is -1.62. The molecular formula is C8H7ClN4O. The zero-order valence-electron chi connectivity index (χ0n) is 7.34. The normalized spacial score (nSPS) is 10.4. The highest BCUT2D eigenvalue weighted by atomic mass is 35.5. The first-order chi connectivity index (χ1) is 6.72. The molecule has 0 bridgehead atoms. The van der Waals surface area contributed by atoms with Crippen LogP contribution in [0.2, 0.25) is 5.15 Å². The second kappa shape index (κ2) is 3.26. The number of pyridine rings is 1. The van der Waals surface area contributed by atoms with E-state index in [-0.39, 0.29) is 16.9 Å². The van der Waals surface area contributed by atoms with Crippen LogP contribution in [0.25, 0.3) is 11.0 Å². The zero-order chi connectivity index (χ0) is 10.1. The van der Waals surface area contributed by atoms with Crippen LogP contribution in [0.4, 0.5) is 0 Å². The van der Waals surface area contributed by atoms with Gasteiger partial charge in [-0.3, -0.25) is 4.79 Å². The number of hydrogen-bond acceptors (Lipinski definition) is 3. The van der Waals surface area contributed by atoms with E-state index < -0.39 is 0 Å². The number of nitrogens with zero attached hydrogens (tertiary/aromatic N) is 2. The molecule has 0 aliphatic rings. The Morgan fingerprint density at radius 2 is 2.43 bits per heavy atom. The average Bonchev–Trinajstić information content (AvgIpc) is 2.62. The number of aromatic amines is 1. The molecular weight excluding hydrogens is 204 g/mol. The molecule has 0 spiro atoms. The van der Waals surface area contributed by atoms with E-state index in [1.54, 1.807) is 12.3 Å². The molecule has 0 radical (unpaired) electrons. The number of fused-ring (bicyclic) bond motifs is 1. The molecule has 0 unspecified atom stereocenters. The summed E-state index contributed by atoms with van der Waals surface area (Å²) < 4.78 is 0. The molecule has 0 aliphatic carbocycles. The number of H-pyrrole nitrogens is 1. The summed E-state index contributed by atoms with van der Waals surface area (Å²) in [6.07, 6.45) is 1.55. The van der Waals surface area contributed by atoms with Gasteiger partial charge >= 0.3 is 0 Å². The van der Waals surface area contributed by atoms with Gasteiger partial charge in [-0.25, -0.2) is 9.97 Å². The Balaban J connectivity index is 2.62. The van der Waals surface area contributed by atoms with Gasteiger partial charge in [0.25, 0.3) is 5.91 Å². The monoisotopic (exact) mass is 210 g/mol. The van der Waals surface area contributed by atoms with Crippen molar-refractivity contribution in [2.45, 2.75) is 0 Å². The van der Waals surface area contributed by atoms with Gasteiger partial charge in [-0.2, -0.15) is 0 Å². The second-order valence-electron chi connectivity index (χ2n) is 2.66. The summed E-state index contributed by atoms with van der Waals surface area (Å²) >= 11 is 5.79. The maximum Gasteiger partial charge on any atom is 0.286 e. The third-order valence-electron chi connectivity index (χ3n) is 1.80. The van der Waals surface area contributed by atoms with Crippen molar-refractivity contribution in [2.24, 2.45) is 0 Å². The molecule has 0 fully saturated rings. The lowest BCUT2D eigenvalue weighted by atomic mass is 10.4. The van der Waals surface area contributed by atoms with Crippen LogP contribution >= 0.6 is 11.6 Å². The smallest absolute Gasteiger partial charge is 0.286 e. The van der Waals surface area contributed by atoms with Gasteiger partial charge in [0.1, 0.15) is 5.52 Å². The predicted octanol–water partition coefficient (Wildman–Crippen LogP) is 0.971. The molecule has 2 rings (SSSR count). The Morgan fingerprint density at radius 3 is 3.07 bits per heavy atom. The summed E-state index contributed by atoms with van der Waals surface area (Å²) in [6.45, 7) is 0.